The van der Waals surface area contributed by atoms with Gasteiger partial charge in [-0.2, -0.15) is 0 Å². The van der Waals surface area contributed by atoms with Gasteiger partial charge in [-0.3, -0.25) is 4.79 Å². The lowest BCUT2D eigenvalue weighted by atomic mass is 9.74. The summed E-state index contributed by atoms with van der Waals surface area (Å²) in [6.07, 6.45) is 2.04. The van der Waals surface area contributed by atoms with E-state index in [2.05, 4.69) is 5.32 Å². The van der Waals surface area contributed by atoms with Gasteiger partial charge in [0, 0.05) is 23.7 Å². The first-order valence-corrected chi connectivity index (χ1v) is 11.3. The number of thiophene rings is 1. The smallest absolute Gasteiger partial charge is 0.227 e. The molecule has 1 fully saturated rings. The number of hydrogen-bond donors (Lipinski definition) is 1. The van der Waals surface area contributed by atoms with E-state index in [0.29, 0.717) is 50.3 Å². The zero-order valence-corrected chi connectivity index (χ0v) is 18.3. The molecule has 0 saturated carbocycles. The summed E-state index contributed by atoms with van der Waals surface area (Å²) in [5.41, 5.74) is 2.19. The van der Waals surface area contributed by atoms with E-state index in [9.17, 15) is 9.18 Å². The molecule has 2 aromatic carbocycles. The molecule has 4 rings (SSSR count). The van der Waals surface area contributed by atoms with Crippen LogP contribution in [0.15, 0.2) is 60.0 Å². The molecule has 1 saturated heterocycles. The van der Waals surface area contributed by atoms with Crippen molar-refractivity contribution >= 4 is 17.2 Å². The van der Waals surface area contributed by atoms with E-state index >= 15 is 0 Å². The second-order valence-corrected chi connectivity index (χ2v) is 8.91. The molecule has 1 aliphatic heterocycles. The van der Waals surface area contributed by atoms with Gasteiger partial charge in [0.1, 0.15) is 11.6 Å². The third kappa shape index (κ3) is 4.97. The van der Waals surface area contributed by atoms with Gasteiger partial charge in [-0.25, -0.2) is 4.39 Å². The highest BCUT2D eigenvalue weighted by atomic mass is 32.1. The molecule has 0 spiro atoms. The van der Waals surface area contributed by atoms with Gasteiger partial charge < -0.3 is 14.8 Å². The number of halogens is 1. The number of hydrogen-bond acceptors (Lipinski definition) is 4. The Hall–Kier alpha value is -2.70. The molecule has 6 heteroatoms. The molecular formula is C25H26FNO3S. The SMILES string of the molecule is COc1ccc(F)cc1-c1ccc(CC2(C(=O)NCc3cccs3)CCOCC2)cc1. The van der Waals surface area contributed by atoms with Crippen LogP contribution in [0.2, 0.25) is 0 Å². The predicted octanol–water partition coefficient (Wildman–Crippen LogP) is 5.22. The monoisotopic (exact) mass is 439 g/mol. The van der Waals surface area contributed by atoms with Crippen molar-refractivity contribution < 1.29 is 18.7 Å². The Balaban J connectivity index is 1.52. The van der Waals surface area contributed by atoms with Crippen molar-refractivity contribution in [2.75, 3.05) is 20.3 Å². The van der Waals surface area contributed by atoms with Crippen LogP contribution in [0.25, 0.3) is 11.1 Å². The fraction of sp³-hybridized carbons (Fsp3) is 0.320. The molecule has 0 radical (unpaired) electrons. The Labute approximate surface area is 186 Å². The zero-order valence-electron chi connectivity index (χ0n) is 17.5. The summed E-state index contributed by atoms with van der Waals surface area (Å²) in [6.45, 7) is 1.73. The number of carbonyl (C=O) groups is 1. The number of nitrogens with one attached hydrogen (secondary N) is 1. The fourth-order valence-electron chi connectivity index (χ4n) is 4.11. The normalized spacial score (nSPS) is 15.4. The first-order chi connectivity index (χ1) is 15.1. The molecular weight excluding hydrogens is 413 g/mol. The molecule has 162 valence electrons. The number of carbonyl (C=O) groups excluding carboxylic acids is 1. The van der Waals surface area contributed by atoms with E-state index < -0.39 is 5.41 Å². The van der Waals surface area contributed by atoms with Crippen LogP contribution in [0.1, 0.15) is 23.3 Å². The minimum atomic E-state index is -0.479. The molecule has 0 aliphatic carbocycles. The van der Waals surface area contributed by atoms with Crippen LogP contribution in [0.3, 0.4) is 0 Å². The molecule has 31 heavy (non-hydrogen) atoms. The number of rotatable bonds is 7. The van der Waals surface area contributed by atoms with Crippen LogP contribution in [0, 0.1) is 11.2 Å². The summed E-state index contributed by atoms with van der Waals surface area (Å²) >= 11 is 1.64. The number of methoxy groups -OCH3 is 1. The average Bonchev–Trinajstić information content (AvgIpc) is 3.32. The molecule has 0 bridgehead atoms. The van der Waals surface area contributed by atoms with Crippen LogP contribution < -0.4 is 10.1 Å². The third-order valence-electron chi connectivity index (χ3n) is 5.90. The highest BCUT2D eigenvalue weighted by Gasteiger charge is 2.40. The van der Waals surface area contributed by atoms with Gasteiger partial charge >= 0.3 is 0 Å². The minimum absolute atomic E-state index is 0.0834. The molecule has 1 aromatic heterocycles. The van der Waals surface area contributed by atoms with Gasteiger partial charge in [-0.05, 0) is 60.0 Å². The van der Waals surface area contributed by atoms with Crippen LogP contribution >= 0.6 is 11.3 Å². The van der Waals surface area contributed by atoms with Gasteiger partial charge in [-0.15, -0.1) is 11.3 Å². The Morgan fingerprint density at radius 1 is 1.16 bits per heavy atom. The van der Waals surface area contributed by atoms with Crippen LogP contribution in [0.5, 0.6) is 5.75 Å². The highest BCUT2D eigenvalue weighted by molar-refractivity contribution is 7.09. The fourth-order valence-corrected chi connectivity index (χ4v) is 4.76. The number of amides is 1. The maximum Gasteiger partial charge on any atom is 0.227 e. The first-order valence-electron chi connectivity index (χ1n) is 10.4. The van der Waals surface area contributed by atoms with E-state index in [1.54, 1.807) is 24.5 Å². The average molecular weight is 440 g/mol. The van der Waals surface area contributed by atoms with Crippen LogP contribution in [-0.4, -0.2) is 26.2 Å². The van der Waals surface area contributed by atoms with Gasteiger partial charge in [0.25, 0.3) is 0 Å². The van der Waals surface area contributed by atoms with Gasteiger partial charge in [0.2, 0.25) is 5.91 Å². The summed E-state index contributed by atoms with van der Waals surface area (Å²) < 4.78 is 24.7. The number of ether oxygens (including phenoxy) is 2. The van der Waals surface area contributed by atoms with Crippen LogP contribution in [-0.2, 0) is 22.5 Å². The van der Waals surface area contributed by atoms with Crippen molar-refractivity contribution in [1.29, 1.82) is 0 Å². The number of benzene rings is 2. The van der Waals surface area contributed by atoms with Gasteiger partial charge in [-0.1, -0.05) is 30.3 Å². The van der Waals surface area contributed by atoms with Gasteiger partial charge in [0.15, 0.2) is 0 Å². The van der Waals surface area contributed by atoms with Crippen LogP contribution in [0.4, 0.5) is 4.39 Å². The van der Waals surface area contributed by atoms with Crippen molar-refractivity contribution in [2.24, 2.45) is 5.41 Å². The summed E-state index contributed by atoms with van der Waals surface area (Å²) in [5, 5.41) is 5.15. The highest BCUT2D eigenvalue weighted by Crippen LogP contribution is 2.36. The Morgan fingerprint density at radius 3 is 2.61 bits per heavy atom. The van der Waals surface area contributed by atoms with Crippen molar-refractivity contribution in [3.8, 4) is 16.9 Å². The quantitative estimate of drug-likeness (QED) is 0.549. The summed E-state index contributed by atoms with van der Waals surface area (Å²) in [7, 11) is 1.58. The lowest BCUT2D eigenvalue weighted by molar-refractivity contribution is -0.136. The van der Waals surface area contributed by atoms with E-state index in [1.165, 1.54) is 12.1 Å². The molecule has 4 nitrogen and oxygen atoms in total. The standard InChI is InChI=1S/C25H26FNO3S/c1-29-23-9-8-20(26)15-22(23)19-6-4-18(5-7-19)16-25(10-12-30-13-11-25)24(28)27-17-21-3-2-14-31-21/h2-9,14-15H,10-13,16-17H2,1H3,(H,27,28). The molecule has 1 aliphatic rings. The summed E-state index contributed by atoms with van der Waals surface area (Å²) in [5.74, 6) is 0.409. The second kappa shape index (κ2) is 9.62. The minimum Gasteiger partial charge on any atom is -0.496 e. The molecule has 0 unspecified atom stereocenters. The largest absolute Gasteiger partial charge is 0.496 e. The Kier molecular flexibility index (Phi) is 6.68. The molecule has 1 N–H and O–H groups in total. The third-order valence-corrected chi connectivity index (χ3v) is 6.78. The van der Waals surface area contributed by atoms with Gasteiger partial charge in [0.05, 0.1) is 19.1 Å². The van der Waals surface area contributed by atoms with E-state index in [4.69, 9.17) is 9.47 Å². The predicted molar refractivity (Wildman–Crippen MR) is 121 cm³/mol. The maximum absolute atomic E-state index is 13.8. The zero-order chi connectivity index (χ0) is 21.7. The van der Waals surface area contributed by atoms with Crippen molar-refractivity contribution in [2.45, 2.75) is 25.8 Å². The topological polar surface area (TPSA) is 47.6 Å². The summed E-state index contributed by atoms with van der Waals surface area (Å²) in [4.78, 5) is 14.4. The second-order valence-electron chi connectivity index (χ2n) is 7.87. The van der Waals surface area contributed by atoms with Crippen molar-refractivity contribution in [3.63, 3.8) is 0 Å². The van der Waals surface area contributed by atoms with E-state index in [1.807, 2.05) is 41.8 Å². The lowest BCUT2D eigenvalue weighted by Crippen LogP contribution is -2.45. The molecule has 2 heterocycles. The van der Waals surface area contributed by atoms with E-state index in [-0.39, 0.29) is 11.7 Å². The first kappa shape index (κ1) is 21.5. The summed E-state index contributed by atoms with van der Waals surface area (Å²) in [6, 6.07) is 16.5. The lowest BCUT2D eigenvalue weighted by Gasteiger charge is -2.36. The maximum atomic E-state index is 13.8. The Morgan fingerprint density at radius 2 is 1.94 bits per heavy atom. The van der Waals surface area contributed by atoms with Crippen molar-refractivity contribution in [1.82, 2.24) is 5.32 Å². The van der Waals surface area contributed by atoms with E-state index in [0.717, 1.165) is 16.0 Å². The molecule has 1 amide bonds. The Bertz CT molecular complexity index is 1010. The molecule has 3 aromatic rings. The molecule has 0 atom stereocenters. The van der Waals surface area contributed by atoms with Crippen molar-refractivity contribution in [3.05, 3.63) is 76.2 Å².